The summed E-state index contributed by atoms with van der Waals surface area (Å²) < 4.78 is 6.26. The molecule has 0 aliphatic carbocycles. The summed E-state index contributed by atoms with van der Waals surface area (Å²) in [5.41, 5.74) is 4.42. The van der Waals surface area contributed by atoms with Crippen molar-refractivity contribution in [1.82, 2.24) is 10.3 Å². The van der Waals surface area contributed by atoms with E-state index in [1.807, 2.05) is 50.2 Å². The summed E-state index contributed by atoms with van der Waals surface area (Å²) in [6.07, 6.45) is 1.65. The van der Waals surface area contributed by atoms with Gasteiger partial charge in [0.25, 0.3) is 5.91 Å². The third kappa shape index (κ3) is 5.87. The predicted octanol–water partition coefficient (Wildman–Crippen LogP) is 4.66. The molecule has 29 heavy (non-hydrogen) atoms. The van der Waals surface area contributed by atoms with Crippen LogP contribution in [0.4, 0.5) is 0 Å². The summed E-state index contributed by atoms with van der Waals surface area (Å²) in [5, 5.41) is 3.88. The molecule has 0 saturated heterocycles. The van der Waals surface area contributed by atoms with Gasteiger partial charge in [-0.1, -0.05) is 30.3 Å². The molecule has 3 aromatic rings. The number of fused-ring (bicyclic) bond motifs is 1. The first-order chi connectivity index (χ1) is 13.9. The van der Waals surface area contributed by atoms with E-state index in [0.717, 1.165) is 27.2 Å². The number of para-hydroxylation sites is 1. The fraction of sp³-hybridized carbons (Fsp3) is 0.348. The second kappa shape index (κ2) is 9.65. The van der Waals surface area contributed by atoms with E-state index in [0.29, 0.717) is 6.42 Å². The molecule has 3 rings (SSSR count). The average molecular weight is 411 g/mol. The number of hydrogen-bond acceptors (Lipinski definition) is 5. The van der Waals surface area contributed by atoms with Crippen LogP contribution in [0.15, 0.2) is 42.5 Å². The predicted molar refractivity (Wildman–Crippen MR) is 116 cm³/mol. The number of thiazole rings is 1. The Kier molecular flexibility index (Phi) is 6.99. The number of carbonyl (C=O) groups excluding carboxylic acids is 2. The van der Waals surface area contributed by atoms with Gasteiger partial charge in [0.15, 0.2) is 6.61 Å². The molecule has 1 amide bonds. The minimum Gasteiger partial charge on any atom is -0.456 e. The van der Waals surface area contributed by atoms with Crippen LogP contribution in [0.5, 0.6) is 0 Å². The number of ether oxygens (including phenoxy) is 1. The Morgan fingerprint density at radius 1 is 1.14 bits per heavy atom. The molecule has 0 aliphatic rings. The first kappa shape index (κ1) is 21.0. The molecule has 6 heteroatoms. The highest BCUT2D eigenvalue weighted by atomic mass is 32.1. The summed E-state index contributed by atoms with van der Waals surface area (Å²) in [6, 6.07) is 14.0. The Balaban J connectivity index is 1.38. The molecule has 1 aromatic heterocycles. The number of amides is 1. The first-order valence-corrected chi connectivity index (χ1v) is 10.6. The van der Waals surface area contributed by atoms with E-state index in [1.165, 1.54) is 11.1 Å². The maximum absolute atomic E-state index is 12.1. The van der Waals surface area contributed by atoms with Gasteiger partial charge < -0.3 is 10.1 Å². The van der Waals surface area contributed by atoms with Crippen LogP contribution in [0.3, 0.4) is 0 Å². The molecule has 152 valence electrons. The highest BCUT2D eigenvalue weighted by Crippen LogP contribution is 2.22. The van der Waals surface area contributed by atoms with Crippen LogP contribution in [-0.2, 0) is 20.7 Å². The SMILES string of the molecule is Cc1ccc([C@@H](C)NC(=O)COC(=O)CCCc2nc3ccccc3s2)cc1C. The van der Waals surface area contributed by atoms with Crippen LogP contribution in [-0.4, -0.2) is 23.5 Å². The number of esters is 1. The molecule has 1 atom stereocenters. The molecular weight excluding hydrogens is 384 g/mol. The Morgan fingerprint density at radius 2 is 1.93 bits per heavy atom. The summed E-state index contributed by atoms with van der Waals surface area (Å²) in [5.74, 6) is -0.657. The van der Waals surface area contributed by atoms with Gasteiger partial charge in [-0.25, -0.2) is 4.98 Å². The van der Waals surface area contributed by atoms with Crippen molar-refractivity contribution in [1.29, 1.82) is 0 Å². The van der Waals surface area contributed by atoms with Crippen molar-refractivity contribution in [2.24, 2.45) is 0 Å². The van der Waals surface area contributed by atoms with Crippen LogP contribution in [0.1, 0.15) is 47.5 Å². The third-order valence-corrected chi connectivity index (χ3v) is 5.98. The standard InChI is InChI=1S/C23H26N2O3S/c1-15-11-12-18(13-16(15)2)17(3)24-21(26)14-28-23(27)10-6-9-22-25-19-7-4-5-8-20(19)29-22/h4-5,7-8,11-13,17H,6,9-10,14H2,1-3H3,(H,24,26)/t17-/m1/s1. The minimum atomic E-state index is -0.361. The van der Waals surface area contributed by atoms with E-state index >= 15 is 0 Å². The normalized spacial score (nSPS) is 12.0. The van der Waals surface area contributed by atoms with Crippen LogP contribution in [0.25, 0.3) is 10.2 Å². The maximum atomic E-state index is 12.1. The molecular formula is C23H26N2O3S. The summed E-state index contributed by atoms with van der Waals surface area (Å²) >= 11 is 1.65. The van der Waals surface area contributed by atoms with Crippen molar-refractivity contribution in [2.75, 3.05) is 6.61 Å². The molecule has 0 radical (unpaired) electrons. The monoisotopic (exact) mass is 410 g/mol. The molecule has 0 spiro atoms. The van der Waals surface area contributed by atoms with Crippen molar-refractivity contribution >= 4 is 33.4 Å². The van der Waals surface area contributed by atoms with Gasteiger partial charge in [0, 0.05) is 6.42 Å². The number of aromatic nitrogens is 1. The van der Waals surface area contributed by atoms with Gasteiger partial charge in [0.2, 0.25) is 0 Å². The molecule has 0 saturated carbocycles. The van der Waals surface area contributed by atoms with Crippen molar-refractivity contribution in [3.05, 3.63) is 64.2 Å². The second-order valence-electron chi connectivity index (χ2n) is 7.22. The minimum absolute atomic E-state index is 0.139. The Labute approximate surface area is 175 Å². The van der Waals surface area contributed by atoms with Gasteiger partial charge in [-0.2, -0.15) is 0 Å². The third-order valence-electron chi connectivity index (χ3n) is 4.88. The van der Waals surface area contributed by atoms with Gasteiger partial charge >= 0.3 is 5.97 Å². The van der Waals surface area contributed by atoms with Crippen molar-refractivity contribution in [3.8, 4) is 0 Å². The Hall–Kier alpha value is -2.73. The molecule has 5 nitrogen and oxygen atoms in total. The van der Waals surface area contributed by atoms with Crippen molar-refractivity contribution < 1.29 is 14.3 Å². The molecule has 2 aromatic carbocycles. The van der Waals surface area contributed by atoms with Gasteiger partial charge in [-0.05, 0) is 62.4 Å². The fourth-order valence-corrected chi connectivity index (χ4v) is 4.04. The van der Waals surface area contributed by atoms with E-state index in [1.54, 1.807) is 11.3 Å². The lowest BCUT2D eigenvalue weighted by Crippen LogP contribution is -2.31. The average Bonchev–Trinajstić information content (AvgIpc) is 3.11. The highest BCUT2D eigenvalue weighted by molar-refractivity contribution is 7.18. The van der Waals surface area contributed by atoms with E-state index < -0.39 is 0 Å². The van der Waals surface area contributed by atoms with Crippen LogP contribution in [0.2, 0.25) is 0 Å². The summed E-state index contributed by atoms with van der Waals surface area (Å²) in [7, 11) is 0. The highest BCUT2D eigenvalue weighted by Gasteiger charge is 2.13. The molecule has 1 N–H and O–H groups in total. The number of nitrogens with zero attached hydrogens (tertiary/aromatic N) is 1. The zero-order chi connectivity index (χ0) is 20.8. The van der Waals surface area contributed by atoms with Gasteiger partial charge in [-0.3, -0.25) is 9.59 Å². The lowest BCUT2D eigenvalue weighted by atomic mass is 10.0. The van der Waals surface area contributed by atoms with E-state index in [2.05, 4.69) is 23.3 Å². The van der Waals surface area contributed by atoms with Crippen LogP contribution < -0.4 is 5.32 Å². The smallest absolute Gasteiger partial charge is 0.306 e. The lowest BCUT2D eigenvalue weighted by molar-refractivity contribution is -0.148. The first-order valence-electron chi connectivity index (χ1n) is 9.79. The number of carbonyl (C=O) groups is 2. The number of nitrogens with one attached hydrogen (secondary N) is 1. The largest absolute Gasteiger partial charge is 0.456 e. The maximum Gasteiger partial charge on any atom is 0.306 e. The number of aryl methyl sites for hydroxylation is 3. The fourth-order valence-electron chi connectivity index (χ4n) is 3.03. The van der Waals surface area contributed by atoms with Crippen LogP contribution >= 0.6 is 11.3 Å². The van der Waals surface area contributed by atoms with Gasteiger partial charge in [-0.15, -0.1) is 11.3 Å². The topological polar surface area (TPSA) is 68.3 Å². The van der Waals surface area contributed by atoms with E-state index in [-0.39, 0.29) is 30.9 Å². The van der Waals surface area contributed by atoms with Gasteiger partial charge in [0.1, 0.15) is 0 Å². The molecule has 0 bridgehead atoms. The quantitative estimate of drug-likeness (QED) is 0.549. The Bertz CT molecular complexity index is 979. The molecule has 0 fully saturated rings. The van der Waals surface area contributed by atoms with E-state index in [4.69, 9.17) is 4.74 Å². The second-order valence-corrected chi connectivity index (χ2v) is 8.34. The lowest BCUT2D eigenvalue weighted by Gasteiger charge is -2.15. The number of hydrogen-bond donors (Lipinski definition) is 1. The van der Waals surface area contributed by atoms with Crippen LogP contribution in [0, 0.1) is 13.8 Å². The van der Waals surface area contributed by atoms with Crippen molar-refractivity contribution in [2.45, 2.75) is 46.1 Å². The zero-order valence-corrected chi connectivity index (χ0v) is 17.8. The summed E-state index contributed by atoms with van der Waals surface area (Å²) in [6.45, 7) is 5.76. The number of benzene rings is 2. The number of rotatable bonds is 8. The zero-order valence-electron chi connectivity index (χ0n) is 17.0. The summed E-state index contributed by atoms with van der Waals surface area (Å²) in [4.78, 5) is 28.6. The Morgan fingerprint density at radius 3 is 2.69 bits per heavy atom. The van der Waals surface area contributed by atoms with Gasteiger partial charge in [0.05, 0.1) is 21.3 Å². The molecule has 0 aliphatic heterocycles. The van der Waals surface area contributed by atoms with E-state index in [9.17, 15) is 9.59 Å². The molecule has 0 unspecified atom stereocenters. The molecule has 1 heterocycles. The van der Waals surface area contributed by atoms with Crippen molar-refractivity contribution in [3.63, 3.8) is 0 Å².